The highest BCUT2D eigenvalue weighted by molar-refractivity contribution is 6.31. The van der Waals surface area contributed by atoms with Gasteiger partial charge < -0.3 is 4.74 Å². The number of aliphatic imine (C=N–C) groups is 1. The Labute approximate surface area is 150 Å². The molecule has 0 aliphatic carbocycles. The number of carbonyl (C=O) groups is 2. The van der Waals surface area contributed by atoms with E-state index in [9.17, 15) is 9.59 Å². The van der Waals surface area contributed by atoms with Crippen LogP contribution in [0.3, 0.4) is 0 Å². The monoisotopic (exact) mass is 356 g/mol. The number of carbonyl (C=O) groups excluding carboxylic acids is 2. The summed E-state index contributed by atoms with van der Waals surface area (Å²) in [6.07, 6.45) is 2.38. The number of fused-ring (bicyclic) bond motifs is 1. The average Bonchev–Trinajstić information content (AvgIpc) is 2.76. The Morgan fingerprint density at radius 3 is 2.88 bits per heavy atom. The Balaban J connectivity index is 2.05. The molecular weight excluding hydrogens is 340 g/mol. The number of pyridine rings is 1. The number of benzene rings is 1. The summed E-state index contributed by atoms with van der Waals surface area (Å²) in [5.41, 5.74) is 2.96. The van der Waals surface area contributed by atoms with E-state index in [1.165, 1.54) is 7.11 Å². The maximum atomic E-state index is 12.6. The molecule has 0 N–H and O–H groups in total. The summed E-state index contributed by atoms with van der Waals surface area (Å²) < 4.78 is 4.67. The van der Waals surface area contributed by atoms with Crippen molar-refractivity contribution < 1.29 is 14.3 Å². The number of aromatic nitrogens is 1. The van der Waals surface area contributed by atoms with E-state index >= 15 is 0 Å². The fourth-order valence-electron chi connectivity index (χ4n) is 2.82. The van der Waals surface area contributed by atoms with Crippen LogP contribution in [0.25, 0.3) is 0 Å². The molecule has 2 heterocycles. The lowest BCUT2D eigenvalue weighted by molar-refractivity contribution is -0.140. The minimum atomic E-state index is -0.609. The zero-order valence-corrected chi connectivity index (χ0v) is 14.5. The molecule has 0 unspecified atom stereocenters. The molecule has 0 amide bonds. The standard InChI is InChI=1S/C19H17ClN2O3/c1-25-18(24)8-7-15-17(23)10-12-5-6-13(20)11-14(12)19(22-15)16-4-2-3-9-21-16/h2-6,9,11,15H,7-8,10H2,1H3/t15-/m0/s1. The van der Waals surface area contributed by atoms with Gasteiger partial charge in [0.25, 0.3) is 0 Å². The Hall–Kier alpha value is -2.53. The summed E-state index contributed by atoms with van der Waals surface area (Å²) in [5.74, 6) is -0.384. The molecule has 3 rings (SSSR count). The van der Waals surface area contributed by atoms with Crippen LogP contribution in [0.2, 0.25) is 5.02 Å². The quantitative estimate of drug-likeness (QED) is 0.790. The lowest BCUT2D eigenvalue weighted by atomic mass is 9.97. The first-order valence-corrected chi connectivity index (χ1v) is 8.34. The Kier molecular flexibility index (Phi) is 5.24. The largest absolute Gasteiger partial charge is 0.469 e. The lowest BCUT2D eigenvalue weighted by Crippen LogP contribution is -2.21. The first-order chi connectivity index (χ1) is 12.1. The smallest absolute Gasteiger partial charge is 0.305 e. The molecule has 0 radical (unpaired) electrons. The normalized spacial score (nSPS) is 16.6. The third-order valence-corrected chi connectivity index (χ3v) is 4.34. The maximum absolute atomic E-state index is 12.6. The summed E-state index contributed by atoms with van der Waals surface area (Å²) in [6, 6.07) is 10.3. The SMILES string of the molecule is COC(=O)CC[C@@H]1N=C(c2ccccn2)c2cc(Cl)ccc2CC1=O. The number of esters is 1. The zero-order valence-electron chi connectivity index (χ0n) is 13.7. The van der Waals surface area contributed by atoms with Gasteiger partial charge in [0.05, 0.1) is 18.5 Å². The number of methoxy groups -OCH3 is 1. The second-order valence-corrected chi connectivity index (χ2v) is 6.20. The van der Waals surface area contributed by atoms with Gasteiger partial charge >= 0.3 is 5.97 Å². The van der Waals surface area contributed by atoms with E-state index in [-0.39, 0.29) is 24.6 Å². The summed E-state index contributed by atoms with van der Waals surface area (Å²) in [6.45, 7) is 0. The molecule has 1 aromatic carbocycles. The van der Waals surface area contributed by atoms with Crippen LogP contribution in [0.5, 0.6) is 0 Å². The van der Waals surface area contributed by atoms with Crippen LogP contribution in [-0.2, 0) is 20.7 Å². The van der Waals surface area contributed by atoms with Gasteiger partial charge in [-0.05, 0) is 36.2 Å². The highest BCUT2D eigenvalue weighted by Crippen LogP contribution is 2.25. The number of halogens is 1. The first kappa shape index (κ1) is 17.3. The molecule has 0 fully saturated rings. The summed E-state index contributed by atoms with van der Waals surface area (Å²) in [5, 5.41) is 0.572. The topological polar surface area (TPSA) is 68.6 Å². The molecule has 0 bridgehead atoms. The third-order valence-electron chi connectivity index (χ3n) is 4.11. The van der Waals surface area contributed by atoms with Crippen molar-refractivity contribution in [2.75, 3.05) is 7.11 Å². The van der Waals surface area contributed by atoms with Crippen LogP contribution in [0.15, 0.2) is 47.6 Å². The molecule has 1 aromatic heterocycles. The zero-order chi connectivity index (χ0) is 17.8. The summed E-state index contributed by atoms with van der Waals surface area (Å²) >= 11 is 6.16. The van der Waals surface area contributed by atoms with Crippen LogP contribution in [-0.4, -0.2) is 35.6 Å². The van der Waals surface area contributed by atoms with Gasteiger partial charge in [0.2, 0.25) is 0 Å². The van der Waals surface area contributed by atoms with Crippen molar-refractivity contribution in [2.24, 2.45) is 4.99 Å². The van der Waals surface area contributed by atoms with Gasteiger partial charge in [-0.2, -0.15) is 0 Å². The fraction of sp³-hybridized carbons (Fsp3) is 0.263. The lowest BCUT2D eigenvalue weighted by Gasteiger charge is -2.10. The van der Waals surface area contributed by atoms with Gasteiger partial charge in [-0.15, -0.1) is 0 Å². The van der Waals surface area contributed by atoms with Crippen LogP contribution < -0.4 is 0 Å². The molecule has 0 spiro atoms. The predicted molar refractivity (Wildman–Crippen MR) is 95.1 cm³/mol. The molecular formula is C19H17ClN2O3. The minimum Gasteiger partial charge on any atom is -0.469 e. The van der Waals surface area contributed by atoms with E-state index in [2.05, 4.69) is 14.7 Å². The van der Waals surface area contributed by atoms with Crippen molar-refractivity contribution in [3.05, 3.63) is 64.4 Å². The van der Waals surface area contributed by atoms with Gasteiger partial charge in [0.15, 0.2) is 5.78 Å². The summed E-state index contributed by atoms with van der Waals surface area (Å²) in [4.78, 5) is 33.1. The van der Waals surface area contributed by atoms with Gasteiger partial charge in [-0.1, -0.05) is 23.7 Å². The number of ketones is 1. The number of hydrogen-bond donors (Lipinski definition) is 0. The number of rotatable bonds is 4. The van der Waals surface area contributed by atoms with E-state index < -0.39 is 6.04 Å². The Morgan fingerprint density at radius 1 is 1.32 bits per heavy atom. The van der Waals surface area contributed by atoms with Crippen molar-refractivity contribution in [3.63, 3.8) is 0 Å². The van der Waals surface area contributed by atoms with Crippen LogP contribution in [0.4, 0.5) is 0 Å². The third kappa shape index (κ3) is 3.94. The second kappa shape index (κ2) is 7.57. The highest BCUT2D eigenvalue weighted by atomic mass is 35.5. The van der Waals surface area contributed by atoms with Crippen molar-refractivity contribution in [3.8, 4) is 0 Å². The second-order valence-electron chi connectivity index (χ2n) is 5.77. The molecule has 0 saturated carbocycles. The molecule has 2 aromatic rings. The predicted octanol–water partition coefficient (Wildman–Crippen LogP) is 3.02. The van der Waals surface area contributed by atoms with Gasteiger partial charge in [-0.25, -0.2) is 0 Å². The molecule has 5 nitrogen and oxygen atoms in total. The molecule has 1 aliphatic rings. The van der Waals surface area contributed by atoms with E-state index in [1.807, 2.05) is 24.3 Å². The van der Waals surface area contributed by atoms with E-state index in [1.54, 1.807) is 18.3 Å². The van der Waals surface area contributed by atoms with E-state index in [4.69, 9.17) is 11.6 Å². The summed E-state index contributed by atoms with van der Waals surface area (Å²) in [7, 11) is 1.33. The molecule has 1 atom stereocenters. The van der Waals surface area contributed by atoms with Crippen LogP contribution >= 0.6 is 11.6 Å². The molecule has 128 valence electrons. The number of ether oxygens (including phenoxy) is 1. The molecule has 25 heavy (non-hydrogen) atoms. The fourth-order valence-corrected chi connectivity index (χ4v) is 2.99. The van der Waals surface area contributed by atoms with Crippen molar-refractivity contribution in [2.45, 2.75) is 25.3 Å². The van der Waals surface area contributed by atoms with E-state index in [0.717, 1.165) is 11.1 Å². The van der Waals surface area contributed by atoms with Crippen molar-refractivity contribution in [1.82, 2.24) is 4.98 Å². The average molecular weight is 357 g/mol. The highest BCUT2D eigenvalue weighted by Gasteiger charge is 2.27. The molecule has 6 heteroatoms. The van der Waals surface area contributed by atoms with Crippen LogP contribution in [0, 0.1) is 0 Å². The van der Waals surface area contributed by atoms with E-state index in [0.29, 0.717) is 22.8 Å². The minimum absolute atomic E-state index is 0.0293. The molecule has 0 saturated heterocycles. The number of hydrogen-bond acceptors (Lipinski definition) is 5. The maximum Gasteiger partial charge on any atom is 0.305 e. The van der Waals surface area contributed by atoms with Crippen LogP contribution in [0.1, 0.15) is 29.7 Å². The van der Waals surface area contributed by atoms with Gasteiger partial charge in [-0.3, -0.25) is 19.6 Å². The van der Waals surface area contributed by atoms with Crippen molar-refractivity contribution >= 4 is 29.1 Å². The van der Waals surface area contributed by atoms with Gasteiger partial charge in [0.1, 0.15) is 6.04 Å². The van der Waals surface area contributed by atoms with Crippen molar-refractivity contribution in [1.29, 1.82) is 0 Å². The Bertz CT molecular complexity index is 834. The number of Topliss-reactive ketones (excluding diaryl/α,β-unsaturated/α-hetero) is 1. The molecule has 1 aliphatic heterocycles. The Morgan fingerprint density at radius 2 is 2.16 bits per heavy atom. The first-order valence-electron chi connectivity index (χ1n) is 7.96. The number of nitrogens with zero attached hydrogens (tertiary/aromatic N) is 2. The van der Waals surface area contributed by atoms with Gasteiger partial charge in [0, 0.05) is 29.6 Å².